The quantitative estimate of drug-likeness (QED) is 0.0475. The van der Waals surface area contributed by atoms with Crippen molar-refractivity contribution in [3.05, 3.63) is 24.3 Å². The predicted octanol–water partition coefficient (Wildman–Crippen LogP) is 7.04. The van der Waals surface area contributed by atoms with Gasteiger partial charge in [-0.1, -0.05) is 122 Å². The minimum absolute atomic E-state index is 0.273. The Morgan fingerprint density at radius 3 is 1.64 bits per heavy atom. The largest absolute Gasteiger partial charge is 0.387 e. The number of unbranched alkanes of at least 4 members (excludes halogenated alkanes) is 16. The smallest absolute Gasteiger partial charge is 0.267 e. The van der Waals surface area contributed by atoms with Gasteiger partial charge in [-0.25, -0.2) is 0 Å². The SMILES string of the molecule is CCCCCC/C=C\CCCCCCCCC(O)C(=O)NC(CS(=O)(=O)O)C(O)/C=C/CCCCCCCC. The highest BCUT2D eigenvalue weighted by Crippen LogP contribution is 2.12. The van der Waals surface area contributed by atoms with Crippen LogP contribution in [0, 0.1) is 0 Å². The first-order valence-electron chi connectivity index (χ1n) is 15.6. The molecule has 1 amide bonds. The van der Waals surface area contributed by atoms with Crippen molar-refractivity contribution in [1.82, 2.24) is 5.32 Å². The molecule has 0 bridgehead atoms. The number of allylic oxidation sites excluding steroid dienone is 3. The Balaban J connectivity index is 4.19. The van der Waals surface area contributed by atoms with Crippen LogP contribution in [-0.4, -0.2) is 53.1 Å². The number of carbonyl (C=O) groups excluding carboxylic acids is 1. The molecule has 0 fully saturated rings. The average Bonchev–Trinajstić information content (AvgIpc) is 2.88. The summed E-state index contributed by atoms with van der Waals surface area (Å²) in [4.78, 5) is 12.4. The summed E-state index contributed by atoms with van der Waals surface area (Å²) in [7, 11) is -4.42. The lowest BCUT2D eigenvalue weighted by atomic mass is 10.0. The molecule has 0 heterocycles. The highest BCUT2D eigenvalue weighted by atomic mass is 32.2. The van der Waals surface area contributed by atoms with E-state index in [1.807, 2.05) is 0 Å². The Labute approximate surface area is 239 Å². The van der Waals surface area contributed by atoms with E-state index < -0.39 is 40.0 Å². The summed E-state index contributed by atoms with van der Waals surface area (Å²) in [5.41, 5.74) is 0. The molecule has 0 rings (SSSR count). The fourth-order valence-electron chi connectivity index (χ4n) is 4.51. The van der Waals surface area contributed by atoms with E-state index in [9.17, 15) is 28.0 Å². The number of nitrogens with one attached hydrogen (secondary N) is 1. The van der Waals surface area contributed by atoms with Crippen LogP contribution in [0.5, 0.6) is 0 Å². The maximum absolute atomic E-state index is 12.4. The maximum Gasteiger partial charge on any atom is 0.267 e. The number of rotatable bonds is 27. The van der Waals surface area contributed by atoms with Crippen LogP contribution in [0.15, 0.2) is 24.3 Å². The number of aliphatic hydroxyl groups is 2. The van der Waals surface area contributed by atoms with Gasteiger partial charge in [0.15, 0.2) is 0 Å². The highest BCUT2D eigenvalue weighted by Gasteiger charge is 2.27. The molecule has 0 aliphatic rings. The van der Waals surface area contributed by atoms with E-state index in [1.54, 1.807) is 6.08 Å². The summed E-state index contributed by atoms with van der Waals surface area (Å²) in [6.45, 7) is 4.40. The first kappa shape index (κ1) is 37.8. The summed E-state index contributed by atoms with van der Waals surface area (Å²) in [5.74, 6) is -1.55. The van der Waals surface area contributed by atoms with Crippen LogP contribution >= 0.6 is 0 Å². The normalized spacial score (nSPS) is 14.7. The van der Waals surface area contributed by atoms with Crippen molar-refractivity contribution in [3.8, 4) is 0 Å². The topological polar surface area (TPSA) is 124 Å². The van der Waals surface area contributed by atoms with Gasteiger partial charge in [-0.15, -0.1) is 0 Å². The lowest BCUT2D eigenvalue weighted by Crippen LogP contribution is -2.50. The molecule has 0 aromatic carbocycles. The van der Waals surface area contributed by atoms with E-state index in [-0.39, 0.29) is 6.42 Å². The zero-order valence-electron chi connectivity index (χ0n) is 24.9. The zero-order valence-corrected chi connectivity index (χ0v) is 25.7. The second kappa shape index (κ2) is 25.7. The van der Waals surface area contributed by atoms with Crippen LogP contribution < -0.4 is 5.32 Å². The van der Waals surface area contributed by atoms with Crippen LogP contribution in [0.3, 0.4) is 0 Å². The van der Waals surface area contributed by atoms with Crippen molar-refractivity contribution in [1.29, 1.82) is 0 Å². The van der Waals surface area contributed by atoms with Crippen molar-refractivity contribution in [2.45, 2.75) is 161 Å². The minimum atomic E-state index is -4.42. The molecule has 8 heteroatoms. The Kier molecular flexibility index (Phi) is 24.9. The monoisotopic (exact) mass is 573 g/mol. The average molecular weight is 574 g/mol. The maximum atomic E-state index is 12.4. The molecule has 0 aromatic rings. The predicted molar refractivity (Wildman–Crippen MR) is 162 cm³/mol. The molecule has 0 aliphatic heterocycles. The third-order valence-corrected chi connectivity index (χ3v) is 7.76. The summed E-state index contributed by atoms with van der Waals surface area (Å²) in [5, 5.41) is 23.1. The summed E-state index contributed by atoms with van der Waals surface area (Å²) in [6.07, 6.45) is 26.8. The first-order chi connectivity index (χ1) is 18.7. The Morgan fingerprint density at radius 2 is 1.13 bits per heavy atom. The molecule has 0 radical (unpaired) electrons. The molecular formula is C31H59NO6S. The van der Waals surface area contributed by atoms with Gasteiger partial charge in [-0.2, -0.15) is 8.42 Å². The van der Waals surface area contributed by atoms with E-state index >= 15 is 0 Å². The van der Waals surface area contributed by atoms with Crippen molar-refractivity contribution in [2.24, 2.45) is 0 Å². The zero-order chi connectivity index (χ0) is 29.2. The molecule has 7 nitrogen and oxygen atoms in total. The van der Waals surface area contributed by atoms with Crippen molar-refractivity contribution >= 4 is 16.0 Å². The third kappa shape index (κ3) is 25.5. The van der Waals surface area contributed by atoms with Crippen LogP contribution in [0.1, 0.15) is 142 Å². The van der Waals surface area contributed by atoms with E-state index in [2.05, 4.69) is 31.3 Å². The fourth-order valence-corrected chi connectivity index (χ4v) is 5.24. The third-order valence-electron chi connectivity index (χ3n) is 6.98. The second-order valence-corrected chi connectivity index (χ2v) is 12.4. The van der Waals surface area contributed by atoms with Gasteiger partial charge >= 0.3 is 0 Å². The van der Waals surface area contributed by atoms with Gasteiger partial charge < -0.3 is 15.5 Å². The van der Waals surface area contributed by atoms with Gasteiger partial charge in [0, 0.05) is 0 Å². The number of hydrogen-bond acceptors (Lipinski definition) is 5. The highest BCUT2D eigenvalue weighted by molar-refractivity contribution is 7.85. The van der Waals surface area contributed by atoms with Gasteiger partial charge in [0.2, 0.25) is 5.91 Å². The van der Waals surface area contributed by atoms with Crippen LogP contribution in [-0.2, 0) is 14.9 Å². The summed E-state index contributed by atoms with van der Waals surface area (Å²) < 4.78 is 32.1. The molecule has 3 atom stereocenters. The van der Waals surface area contributed by atoms with E-state index in [0.29, 0.717) is 6.42 Å². The molecule has 0 aliphatic carbocycles. The summed E-state index contributed by atoms with van der Waals surface area (Å²) in [6, 6.07) is -1.23. The molecular weight excluding hydrogens is 514 g/mol. The van der Waals surface area contributed by atoms with Crippen LogP contribution in [0.25, 0.3) is 0 Å². The Morgan fingerprint density at radius 1 is 0.692 bits per heavy atom. The molecule has 39 heavy (non-hydrogen) atoms. The Bertz CT molecular complexity index is 737. The molecule has 0 saturated heterocycles. The van der Waals surface area contributed by atoms with Crippen LogP contribution in [0.4, 0.5) is 0 Å². The molecule has 0 saturated carbocycles. The van der Waals surface area contributed by atoms with Gasteiger partial charge in [0.1, 0.15) is 6.10 Å². The standard InChI is InChI=1S/C31H59NO6S/c1-3-5-7-9-11-13-14-15-16-17-18-20-22-24-26-30(34)31(35)32-28(27-39(36,37)38)29(33)25-23-21-19-12-10-8-6-4-2/h13-14,23,25,28-30,33-34H,3-12,15-22,24,26-27H2,1-2H3,(H,32,35)(H,36,37,38)/b14-13-,25-23+. The molecule has 3 unspecified atom stereocenters. The second-order valence-electron chi connectivity index (χ2n) is 10.9. The lowest BCUT2D eigenvalue weighted by Gasteiger charge is -2.22. The lowest BCUT2D eigenvalue weighted by molar-refractivity contribution is -0.130. The van der Waals surface area contributed by atoms with Crippen molar-refractivity contribution < 1.29 is 28.0 Å². The van der Waals surface area contributed by atoms with Gasteiger partial charge in [-0.3, -0.25) is 9.35 Å². The number of amides is 1. The van der Waals surface area contributed by atoms with E-state index in [0.717, 1.165) is 44.9 Å². The van der Waals surface area contributed by atoms with Gasteiger partial charge in [0.05, 0.1) is 17.9 Å². The van der Waals surface area contributed by atoms with Crippen molar-refractivity contribution in [3.63, 3.8) is 0 Å². The number of aliphatic hydroxyl groups excluding tert-OH is 2. The van der Waals surface area contributed by atoms with E-state index in [4.69, 9.17) is 0 Å². The minimum Gasteiger partial charge on any atom is -0.387 e. The van der Waals surface area contributed by atoms with Gasteiger partial charge in [-0.05, 0) is 44.9 Å². The fraction of sp³-hybridized carbons (Fsp3) is 0.839. The van der Waals surface area contributed by atoms with E-state index in [1.165, 1.54) is 76.7 Å². The Hall–Kier alpha value is -1.22. The number of carbonyl (C=O) groups is 1. The molecule has 0 aromatic heterocycles. The molecule has 230 valence electrons. The van der Waals surface area contributed by atoms with Gasteiger partial charge in [0.25, 0.3) is 10.1 Å². The summed E-state index contributed by atoms with van der Waals surface area (Å²) >= 11 is 0. The van der Waals surface area contributed by atoms with Crippen molar-refractivity contribution in [2.75, 3.05) is 5.75 Å². The molecule has 4 N–H and O–H groups in total. The first-order valence-corrected chi connectivity index (χ1v) is 17.3. The number of hydrogen-bond donors (Lipinski definition) is 4. The molecule has 0 spiro atoms. The van der Waals surface area contributed by atoms with Crippen LogP contribution in [0.2, 0.25) is 0 Å².